The van der Waals surface area contributed by atoms with Crippen molar-refractivity contribution in [1.82, 2.24) is 9.97 Å². The van der Waals surface area contributed by atoms with E-state index in [1.807, 2.05) is 6.26 Å². The van der Waals surface area contributed by atoms with Crippen molar-refractivity contribution in [1.29, 1.82) is 5.26 Å². The number of nitrogens with one attached hydrogen (secondary N) is 1. The number of hydrogen-bond donors (Lipinski definition) is 1. The first-order chi connectivity index (χ1) is 9.65. The third-order valence-electron chi connectivity index (χ3n) is 2.67. The molecule has 2 rings (SSSR count). The molecule has 0 aliphatic carbocycles. The van der Waals surface area contributed by atoms with Crippen LogP contribution in [0.1, 0.15) is 22.8 Å². The van der Waals surface area contributed by atoms with Crippen LogP contribution in [0.15, 0.2) is 35.6 Å². The van der Waals surface area contributed by atoms with Crippen molar-refractivity contribution in [2.75, 3.05) is 11.6 Å². The molecular formula is C14H12N4OS. The van der Waals surface area contributed by atoms with Gasteiger partial charge in [-0.3, -0.25) is 4.79 Å². The molecule has 5 nitrogen and oxygen atoms in total. The van der Waals surface area contributed by atoms with Crippen molar-refractivity contribution in [2.45, 2.75) is 11.9 Å². The Balaban J connectivity index is 2.30. The van der Waals surface area contributed by atoms with Gasteiger partial charge in [0.25, 0.3) is 0 Å². The molecule has 2 aromatic rings. The summed E-state index contributed by atoms with van der Waals surface area (Å²) >= 11 is 1.39. The summed E-state index contributed by atoms with van der Waals surface area (Å²) in [5.74, 6) is 0.475. The molecule has 0 fully saturated rings. The number of anilines is 2. The SMILES string of the molecule is CSc1ncnc(Nc2ccc(C(C)=O)cc2)c1C#N. The number of rotatable bonds is 4. The number of nitriles is 1. The molecule has 0 saturated heterocycles. The maximum atomic E-state index is 11.2. The molecule has 0 aliphatic heterocycles. The Morgan fingerprint density at radius 1 is 1.30 bits per heavy atom. The Bertz CT molecular complexity index is 677. The van der Waals surface area contributed by atoms with Crippen LogP contribution in [0.2, 0.25) is 0 Å². The third kappa shape index (κ3) is 2.95. The zero-order valence-electron chi connectivity index (χ0n) is 11.0. The summed E-state index contributed by atoms with van der Waals surface area (Å²) in [6, 6.07) is 9.11. The lowest BCUT2D eigenvalue weighted by Gasteiger charge is -2.09. The minimum Gasteiger partial charge on any atom is -0.339 e. The Kier molecular flexibility index (Phi) is 4.33. The molecule has 0 spiro atoms. The molecule has 0 radical (unpaired) electrons. The number of carbonyl (C=O) groups is 1. The van der Waals surface area contributed by atoms with Gasteiger partial charge in [-0.1, -0.05) is 0 Å². The number of Topliss-reactive ketones (excluding diaryl/α,β-unsaturated/α-hetero) is 1. The van der Waals surface area contributed by atoms with Crippen molar-refractivity contribution in [2.24, 2.45) is 0 Å². The van der Waals surface area contributed by atoms with Gasteiger partial charge in [-0.05, 0) is 37.4 Å². The molecule has 0 unspecified atom stereocenters. The predicted octanol–water partition coefficient (Wildman–Crippen LogP) is 3.02. The van der Waals surface area contributed by atoms with E-state index in [0.29, 0.717) is 22.0 Å². The first-order valence-electron chi connectivity index (χ1n) is 5.83. The van der Waals surface area contributed by atoms with Gasteiger partial charge in [0.05, 0.1) is 0 Å². The maximum Gasteiger partial charge on any atom is 0.159 e. The van der Waals surface area contributed by atoms with Gasteiger partial charge in [-0.15, -0.1) is 11.8 Å². The lowest BCUT2D eigenvalue weighted by molar-refractivity contribution is 0.101. The van der Waals surface area contributed by atoms with Crippen LogP contribution in [-0.2, 0) is 0 Å². The van der Waals surface area contributed by atoms with E-state index >= 15 is 0 Å². The van der Waals surface area contributed by atoms with Gasteiger partial charge in [0.1, 0.15) is 23.0 Å². The van der Waals surface area contributed by atoms with E-state index in [-0.39, 0.29) is 5.78 Å². The number of carbonyl (C=O) groups excluding carboxylic acids is 1. The summed E-state index contributed by atoms with van der Waals surface area (Å²) < 4.78 is 0. The second kappa shape index (κ2) is 6.17. The average Bonchev–Trinajstić information content (AvgIpc) is 2.47. The molecule has 20 heavy (non-hydrogen) atoms. The van der Waals surface area contributed by atoms with E-state index < -0.39 is 0 Å². The molecule has 6 heteroatoms. The van der Waals surface area contributed by atoms with Crippen LogP contribution < -0.4 is 5.32 Å². The fourth-order valence-electron chi connectivity index (χ4n) is 1.64. The van der Waals surface area contributed by atoms with Crippen molar-refractivity contribution in [3.8, 4) is 6.07 Å². The van der Waals surface area contributed by atoms with Gasteiger partial charge in [0.2, 0.25) is 0 Å². The second-order valence-electron chi connectivity index (χ2n) is 3.98. The smallest absolute Gasteiger partial charge is 0.159 e. The molecule has 1 heterocycles. The molecule has 0 bridgehead atoms. The molecular weight excluding hydrogens is 272 g/mol. The highest BCUT2D eigenvalue weighted by Crippen LogP contribution is 2.24. The molecule has 0 amide bonds. The Morgan fingerprint density at radius 3 is 2.55 bits per heavy atom. The number of benzene rings is 1. The molecule has 1 aromatic carbocycles. The van der Waals surface area contributed by atoms with Crippen LogP contribution in [-0.4, -0.2) is 22.0 Å². The monoisotopic (exact) mass is 284 g/mol. The summed E-state index contributed by atoms with van der Waals surface area (Å²) in [5.41, 5.74) is 1.82. The zero-order chi connectivity index (χ0) is 14.5. The maximum absolute atomic E-state index is 11.2. The third-order valence-corrected chi connectivity index (χ3v) is 3.37. The lowest BCUT2D eigenvalue weighted by atomic mass is 10.1. The molecule has 0 atom stereocenters. The largest absolute Gasteiger partial charge is 0.339 e. The van der Waals surface area contributed by atoms with Crippen molar-refractivity contribution in [3.05, 3.63) is 41.7 Å². The molecule has 0 aliphatic rings. The standard InChI is InChI=1S/C14H12N4OS/c1-9(19)10-3-5-11(6-4-10)18-13-12(7-15)14(20-2)17-8-16-13/h3-6,8H,1-2H3,(H,16,17,18). The average molecular weight is 284 g/mol. The fraction of sp³-hybridized carbons (Fsp3) is 0.143. The van der Waals surface area contributed by atoms with Crippen LogP contribution in [0, 0.1) is 11.3 Å². The number of ketones is 1. The summed E-state index contributed by atoms with van der Waals surface area (Å²) in [7, 11) is 0. The van der Waals surface area contributed by atoms with E-state index in [4.69, 9.17) is 0 Å². The van der Waals surface area contributed by atoms with E-state index in [1.54, 1.807) is 24.3 Å². The Hall–Kier alpha value is -2.39. The van der Waals surface area contributed by atoms with E-state index in [9.17, 15) is 10.1 Å². The van der Waals surface area contributed by atoms with Gasteiger partial charge >= 0.3 is 0 Å². The van der Waals surface area contributed by atoms with E-state index in [1.165, 1.54) is 25.0 Å². The normalized spacial score (nSPS) is 9.85. The van der Waals surface area contributed by atoms with Crippen LogP contribution >= 0.6 is 11.8 Å². The number of nitrogens with zero attached hydrogens (tertiary/aromatic N) is 3. The quantitative estimate of drug-likeness (QED) is 0.528. The second-order valence-corrected chi connectivity index (χ2v) is 4.77. The predicted molar refractivity (Wildman–Crippen MR) is 78.3 cm³/mol. The number of thioether (sulfide) groups is 1. The first kappa shape index (κ1) is 14.0. The van der Waals surface area contributed by atoms with Crippen LogP contribution in [0.4, 0.5) is 11.5 Å². The summed E-state index contributed by atoms with van der Waals surface area (Å²) in [5, 5.41) is 12.9. The summed E-state index contributed by atoms with van der Waals surface area (Å²) in [6.07, 6.45) is 3.27. The molecule has 1 aromatic heterocycles. The van der Waals surface area contributed by atoms with Gasteiger partial charge in [-0.2, -0.15) is 5.26 Å². The van der Waals surface area contributed by atoms with Gasteiger partial charge in [0.15, 0.2) is 11.6 Å². The fourth-order valence-corrected chi connectivity index (χ4v) is 2.14. The van der Waals surface area contributed by atoms with Gasteiger partial charge < -0.3 is 5.32 Å². The first-order valence-corrected chi connectivity index (χ1v) is 7.05. The Morgan fingerprint density at radius 2 is 2.00 bits per heavy atom. The summed E-state index contributed by atoms with van der Waals surface area (Å²) in [4.78, 5) is 19.4. The number of hydrogen-bond acceptors (Lipinski definition) is 6. The Labute approximate surface area is 121 Å². The van der Waals surface area contributed by atoms with E-state index in [2.05, 4.69) is 21.4 Å². The zero-order valence-corrected chi connectivity index (χ0v) is 11.9. The van der Waals surface area contributed by atoms with Gasteiger partial charge in [0, 0.05) is 11.3 Å². The highest BCUT2D eigenvalue weighted by molar-refractivity contribution is 7.98. The molecule has 1 N–H and O–H groups in total. The van der Waals surface area contributed by atoms with Crippen LogP contribution in [0.3, 0.4) is 0 Å². The van der Waals surface area contributed by atoms with Crippen LogP contribution in [0.25, 0.3) is 0 Å². The molecule has 0 saturated carbocycles. The highest BCUT2D eigenvalue weighted by Gasteiger charge is 2.10. The minimum atomic E-state index is 0.0148. The van der Waals surface area contributed by atoms with E-state index in [0.717, 1.165) is 5.69 Å². The highest BCUT2D eigenvalue weighted by atomic mass is 32.2. The van der Waals surface area contributed by atoms with Crippen molar-refractivity contribution >= 4 is 29.1 Å². The topological polar surface area (TPSA) is 78.7 Å². The number of aromatic nitrogens is 2. The lowest BCUT2D eigenvalue weighted by Crippen LogP contribution is -2.00. The van der Waals surface area contributed by atoms with Gasteiger partial charge in [-0.25, -0.2) is 9.97 Å². The van der Waals surface area contributed by atoms with Crippen molar-refractivity contribution < 1.29 is 4.79 Å². The van der Waals surface area contributed by atoms with Crippen molar-refractivity contribution in [3.63, 3.8) is 0 Å². The van der Waals surface area contributed by atoms with Crippen LogP contribution in [0.5, 0.6) is 0 Å². The minimum absolute atomic E-state index is 0.0148. The summed E-state index contributed by atoms with van der Waals surface area (Å²) in [6.45, 7) is 1.52. The molecule has 100 valence electrons.